The molecule has 1 unspecified atom stereocenters. The minimum atomic E-state index is 0.00873. The molecule has 2 aromatic rings. The summed E-state index contributed by atoms with van der Waals surface area (Å²) in [6.45, 7) is 6.48. The van der Waals surface area contributed by atoms with Gasteiger partial charge in [0.25, 0.3) is 0 Å². The number of hydrogen-bond acceptors (Lipinski definition) is 2. The molecule has 0 saturated heterocycles. The van der Waals surface area contributed by atoms with E-state index in [-0.39, 0.29) is 11.9 Å². The summed E-state index contributed by atoms with van der Waals surface area (Å²) >= 11 is 5.00. The molecule has 0 aliphatic rings. The Morgan fingerprint density at radius 2 is 2.05 bits per heavy atom. The highest BCUT2D eigenvalue weighted by Crippen LogP contribution is 2.18. The number of amides is 1. The number of benzene rings is 1. The van der Waals surface area contributed by atoms with Crippen LogP contribution in [-0.4, -0.2) is 21.5 Å². The quantitative estimate of drug-likeness (QED) is 0.834. The van der Waals surface area contributed by atoms with Crippen molar-refractivity contribution in [1.29, 1.82) is 0 Å². The van der Waals surface area contributed by atoms with Crippen LogP contribution in [0.15, 0.2) is 30.5 Å². The summed E-state index contributed by atoms with van der Waals surface area (Å²) in [7, 11) is 0. The molecule has 1 heterocycles. The van der Waals surface area contributed by atoms with Crippen LogP contribution in [0.3, 0.4) is 0 Å². The maximum absolute atomic E-state index is 12.1. The molecular formula is C16H21N3OS. The minimum Gasteiger partial charge on any atom is -0.389 e. The first kappa shape index (κ1) is 15.5. The lowest BCUT2D eigenvalue weighted by molar-refractivity contribution is -0.122. The van der Waals surface area contributed by atoms with E-state index in [0.29, 0.717) is 17.5 Å². The summed E-state index contributed by atoms with van der Waals surface area (Å²) in [6.07, 6.45) is 1.91. The third-order valence-corrected chi connectivity index (χ3v) is 4.00. The summed E-state index contributed by atoms with van der Waals surface area (Å²) in [5.74, 6) is 0.422. The number of nitrogens with zero attached hydrogens (tertiary/aromatic N) is 1. The summed E-state index contributed by atoms with van der Waals surface area (Å²) in [5, 5.41) is 4.08. The van der Waals surface area contributed by atoms with Crippen LogP contribution in [-0.2, 0) is 11.3 Å². The zero-order chi connectivity index (χ0) is 15.6. The molecule has 0 spiro atoms. The SMILES string of the molecule is CC(C)C(C)NC(=O)Cn1ccc2ccc(C(N)=S)cc21. The maximum Gasteiger partial charge on any atom is 0.240 e. The molecule has 0 aliphatic heterocycles. The molecule has 0 bridgehead atoms. The number of hydrogen-bond donors (Lipinski definition) is 2. The van der Waals surface area contributed by atoms with Crippen LogP contribution in [0, 0.1) is 5.92 Å². The summed E-state index contributed by atoms with van der Waals surface area (Å²) in [5.41, 5.74) is 7.45. The van der Waals surface area contributed by atoms with Crippen molar-refractivity contribution in [3.8, 4) is 0 Å². The fraction of sp³-hybridized carbons (Fsp3) is 0.375. The van der Waals surface area contributed by atoms with Crippen LogP contribution in [0.2, 0.25) is 0 Å². The zero-order valence-corrected chi connectivity index (χ0v) is 13.4. The smallest absolute Gasteiger partial charge is 0.240 e. The second kappa shape index (κ2) is 6.26. The van der Waals surface area contributed by atoms with Gasteiger partial charge >= 0.3 is 0 Å². The Morgan fingerprint density at radius 1 is 1.33 bits per heavy atom. The molecule has 5 heteroatoms. The largest absolute Gasteiger partial charge is 0.389 e. The minimum absolute atomic E-state index is 0.00873. The average molecular weight is 303 g/mol. The van der Waals surface area contributed by atoms with Crippen molar-refractivity contribution >= 4 is 34.0 Å². The third kappa shape index (κ3) is 3.61. The van der Waals surface area contributed by atoms with Gasteiger partial charge in [-0.05, 0) is 30.4 Å². The number of rotatable bonds is 5. The van der Waals surface area contributed by atoms with Gasteiger partial charge in [-0.2, -0.15) is 0 Å². The van der Waals surface area contributed by atoms with Crippen LogP contribution < -0.4 is 11.1 Å². The van der Waals surface area contributed by atoms with Gasteiger partial charge in [-0.25, -0.2) is 0 Å². The van der Waals surface area contributed by atoms with Gasteiger partial charge in [0.2, 0.25) is 5.91 Å². The lowest BCUT2D eigenvalue weighted by Crippen LogP contribution is -2.38. The van der Waals surface area contributed by atoms with Crippen molar-refractivity contribution in [2.45, 2.75) is 33.4 Å². The molecule has 0 fully saturated rings. The van der Waals surface area contributed by atoms with Gasteiger partial charge in [-0.15, -0.1) is 0 Å². The molecular weight excluding hydrogens is 282 g/mol. The van der Waals surface area contributed by atoms with Crippen molar-refractivity contribution in [1.82, 2.24) is 9.88 Å². The molecule has 0 radical (unpaired) electrons. The van der Waals surface area contributed by atoms with Crippen molar-refractivity contribution < 1.29 is 4.79 Å². The highest BCUT2D eigenvalue weighted by atomic mass is 32.1. The van der Waals surface area contributed by atoms with E-state index in [2.05, 4.69) is 19.2 Å². The normalized spacial score (nSPS) is 12.6. The van der Waals surface area contributed by atoms with Gasteiger partial charge in [0.05, 0.1) is 0 Å². The summed E-state index contributed by atoms with van der Waals surface area (Å²) in [4.78, 5) is 12.5. The van der Waals surface area contributed by atoms with E-state index in [1.165, 1.54) is 0 Å². The Bertz CT molecular complexity index is 675. The Kier molecular flexibility index (Phi) is 4.63. The Balaban J connectivity index is 2.20. The second-order valence-corrected chi connectivity index (χ2v) is 6.12. The van der Waals surface area contributed by atoms with Crippen LogP contribution in [0.4, 0.5) is 0 Å². The van der Waals surface area contributed by atoms with E-state index >= 15 is 0 Å². The lowest BCUT2D eigenvalue weighted by atomic mass is 10.1. The third-order valence-electron chi connectivity index (χ3n) is 3.76. The molecule has 1 amide bonds. The van der Waals surface area contributed by atoms with Crippen LogP contribution in [0.25, 0.3) is 10.9 Å². The number of nitrogens with one attached hydrogen (secondary N) is 1. The van der Waals surface area contributed by atoms with Gasteiger partial charge < -0.3 is 15.6 Å². The molecule has 3 N–H and O–H groups in total. The van der Waals surface area contributed by atoms with E-state index in [4.69, 9.17) is 18.0 Å². The monoisotopic (exact) mass is 303 g/mol. The molecule has 1 aromatic heterocycles. The summed E-state index contributed by atoms with van der Waals surface area (Å²) in [6, 6.07) is 7.94. The molecule has 0 saturated carbocycles. The van der Waals surface area contributed by atoms with Crippen molar-refractivity contribution in [2.75, 3.05) is 0 Å². The van der Waals surface area contributed by atoms with Crippen LogP contribution >= 0.6 is 12.2 Å². The predicted molar refractivity (Wildman–Crippen MR) is 90.3 cm³/mol. The Hall–Kier alpha value is -1.88. The second-order valence-electron chi connectivity index (χ2n) is 5.68. The first-order valence-electron chi connectivity index (χ1n) is 7.06. The average Bonchev–Trinajstić information content (AvgIpc) is 2.80. The van der Waals surface area contributed by atoms with Gasteiger partial charge in [-0.3, -0.25) is 4.79 Å². The highest BCUT2D eigenvalue weighted by Gasteiger charge is 2.12. The highest BCUT2D eigenvalue weighted by molar-refractivity contribution is 7.80. The number of nitrogens with two attached hydrogens (primary N) is 1. The van der Waals surface area contributed by atoms with Crippen molar-refractivity contribution in [2.24, 2.45) is 11.7 Å². The number of carbonyl (C=O) groups is 1. The fourth-order valence-electron chi connectivity index (χ4n) is 2.10. The molecule has 1 aromatic carbocycles. The number of thiocarbonyl (C=S) groups is 1. The molecule has 112 valence electrons. The summed E-state index contributed by atoms with van der Waals surface area (Å²) < 4.78 is 1.92. The first-order chi connectivity index (χ1) is 9.88. The predicted octanol–water partition coefficient (Wildman–Crippen LogP) is 2.44. The Labute approximate surface area is 130 Å². The van der Waals surface area contributed by atoms with Gasteiger partial charge in [0.15, 0.2) is 0 Å². The van der Waals surface area contributed by atoms with E-state index in [0.717, 1.165) is 16.5 Å². The number of carbonyl (C=O) groups excluding carboxylic acids is 1. The molecule has 2 rings (SSSR count). The van der Waals surface area contributed by atoms with Gasteiger partial charge in [-0.1, -0.05) is 38.2 Å². The Morgan fingerprint density at radius 3 is 2.67 bits per heavy atom. The zero-order valence-electron chi connectivity index (χ0n) is 12.6. The molecule has 4 nitrogen and oxygen atoms in total. The maximum atomic E-state index is 12.1. The van der Waals surface area contributed by atoms with Crippen molar-refractivity contribution in [3.05, 3.63) is 36.0 Å². The number of fused-ring (bicyclic) bond motifs is 1. The van der Waals surface area contributed by atoms with Gasteiger partial charge in [0, 0.05) is 23.3 Å². The number of aromatic nitrogens is 1. The van der Waals surface area contributed by atoms with E-state index in [1.807, 2.05) is 42.0 Å². The standard InChI is InChI=1S/C16H21N3OS/c1-10(2)11(3)18-15(20)9-19-7-6-12-4-5-13(16(17)21)8-14(12)19/h4-8,10-11H,9H2,1-3H3,(H2,17,21)(H,18,20). The topological polar surface area (TPSA) is 60.0 Å². The fourth-order valence-corrected chi connectivity index (χ4v) is 2.22. The van der Waals surface area contributed by atoms with Gasteiger partial charge in [0.1, 0.15) is 11.5 Å². The van der Waals surface area contributed by atoms with Crippen LogP contribution in [0.5, 0.6) is 0 Å². The van der Waals surface area contributed by atoms with Crippen LogP contribution in [0.1, 0.15) is 26.3 Å². The van der Waals surface area contributed by atoms with Crippen molar-refractivity contribution in [3.63, 3.8) is 0 Å². The molecule has 0 aliphatic carbocycles. The lowest BCUT2D eigenvalue weighted by Gasteiger charge is -2.17. The molecule has 1 atom stereocenters. The van der Waals surface area contributed by atoms with E-state index in [9.17, 15) is 4.79 Å². The van der Waals surface area contributed by atoms with E-state index in [1.54, 1.807) is 0 Å². The molecule has 21 heavy (non-hydrogen) atoms. The first-order valence-corrected chi connectivity index (χ1v) is 7.47. The van der Waals surface area contributed by atoms with E-state index < -0.39 is 0 Å².